The molecule has 0 N–H and O–H groups in total. The smallest absolute Gasteiger partial charge is 0.342 e. The van der Waals surface area contributed by atoms with Gasteiger partial charge in [-0.2, -0.15) is 4.68 Å². The summed E-state index contributed by atoms with van der Waals surface area (Å²) in [7, 11) is 1.70. The zero-order chi connectivity index (χ0) is 14.8. The molecule has 0 amide bonds. The highest BCUT2D eigenvalue weighted by Crippen LogP contribution is 2.29. The van der Waals surface area contributed by atoms with Crippen LogP contribution < -0.4 is 4.74 Å². The first kappa shape index (κ1) is 14.3. The quantitative estimate of drug-likeness (QED) is 0.554. The molecule has 0 bridgehead atoms. The molecule has 1 aliphatic heterocycles. The van der Waals surface area contributed by atoms with E-state index in [4.69, 9.17) is 17.0 Å². The van der Waals surface area contributed by atoms with Crippen molar-refractivity contribution in [2.24, 2.45) is 7.05 Å². The first-order chi connectivity index (χ1) is 10.2. The molecule has 1 saturated heterocycles. The Kier molecular flexibility index (Phi) is 4.11. The van der Waals surface area contributed by atoms with E-state index < -0.39 is 0 Å². The fourth-order valence-electron chi connectivity index (χ4n) is 2.53. The van der Waals surface area contributed by atoms with Crippen LogP contribution in [0.1, 0.15) is 25.7 Å². The second-order valence-electron chi connectivity index (χ2n) is 5.45. The van der Waals surface area contributed by atoms with Crippen molar-refractivity contribution in [1.82, 2.24) is 30.0 Å². The second kappa shape index (κ2) is 6.02. The molecule has 0 aromatic carbocycles. The maximum Gasteiger partial charge on any atom is 0.342 e. The SMILES string of the molecule is Cn1nnnc1OC(=S)N(CN1CCC[C@@H]1C=O)C1CC1. The Morgan fingerprint density at radius 1 is 1.52 bits per heavy atom. The molecule has 1 atom stereocenters. The molecular formula is C12H18N6O2S. The van der Waals surface area contributed by atoms with E-state index in [-0.39, 0.29) is 12.1 Å². The first-order valence-electron chi connectivity index (χ1n) is 7.09. The molecule has 0 spiro atoms. The van der Waals surface area contributed by atoms with E-state index >= 15 is 0 Å². The van der Waals surface area contributed by atoms with Crippen molar-refractivity contribution in [3.63, 3.8) is 0 Å². The normalized spacial score (nSPS) is 22.2. The number of carbonyl (C=O) groups excluding carboxylic acids is 1. The summed E-state index contributed by atoms with van der Waals surface area (Å²) < 4.78 is 7.03. The minimum Gasteiger partial charge on any atom is -0.396 e. The molecule has 1 aliphatic carbocycles. The number of rotatable bonds is 5. The van der Waals surface area contributed by atoms with Crippen LogP contribution in [0, 0.1) is 0 Å². The molecule has 0 radical (unpaired) electrons. The van der Waals surface area contributed by atoms with Crippen LogP contribution >= 0.6 is 12.2 Å². The van der Waals surface area contributed by atoms with Gasteiger partial charge in [0.1, 0.15) is 6.29 Å². The summed E-state index contributed by atoms with van der Waals surface area (Å²) in [4.78, 5) is 15.3. The molecule has 0 unspecified atom stereocenters. The number of ether oxygens (including phenoxy) is 1. The number of aromatic nitrogens is 4. The Balaban J connectivity index is 1.65. The second-order valence-corrected chi connectivity index (χ2v) is 5.80. The minimum absolute atomic E-state index is 0.00875. The number of tetrazole rings is 1. The van der Waals surface area contributed by atoms with Gasteiger partial charge in [0.05, 0.1) is 12.7 Å². The van der Waals surface area contributed by atoms with Crippen LogP contribution in [-0.4, -0.2) is 66.8 Å². The summed E-state index contributed by atoms with van der Waals surface area (Å²) in [5, 5.41) is 11.4. The predicted octanol–water partition coefficient (Wildman–Crippen LogP) is -0.0410. The molecule has 3 rings (SSSR count). The molecule has 1 aromatic heterocycles. The van der Waals surface area contributed by atoms with Crippen molar-refractivity contribution in [2.75, 3.05) is 13.2 Å². The van der Waals surface area contributed by atoms with E-state index in [0.717, 1.165) is 38.5 Å². The third-order valence-electron chi connectivity index (χ3n) is 3.89. The molecular weight excluding hydrogens is 292 g/mol. The summed E-state index contributed by atoms with van der Waals surface area (Å²) in [6.07, 6.45) is 5.18. The van der Waals surface area contributed by atoms with Crippen LogP contribution in [0.4, 0.5) is 0 Å². The van der Waals surface area contributed by atoms with E-state index in [1.807, 2.05) is 4.90 Å². The largest absolute Gasteiger partial charge is 0.396 e. The standard InChI is InChI=1S/C12H18N6O2S/c1-16-11(13-14-15-16)20-12(21)18(9-4-5-9)8-17-6-2-3-10(17)7-19/h7,9-10H,2-6,8H2,1H3/t10-/m1/s1. The van der Waals surface area contributed by atoms with Gasteiger partial charge in [-0.05, 0) is 48.3 Å². The summed E-state index contributed by atoms with van der Waals surface area (Å²) in [5.41, 5.74) is 0. The Morgan fingerprint density at radius 2 is 2.33 bits per heavy atom. The van der Waals surface area contributed by atoms with Gasteiger partial charge in [0, 0.05) is 19.6 Å². The zero-order valence-electron chi connectivity index (χ0n) is 11.9. The van der Waals surface area contributed by atoms with E-state index in [9.17, 15) is 4.79 Å². The molecule has 2 heterocycles. The van der Waals surface area contributed by atoms with Gasteiger partial charge in [-0.15, -0.1) is 0 Å². The predicted molar refractivity (Wildman–Crippen MR) is 77.5 cm³/mol. The molecule has 2 aliphatic rings. The third kappa shape index (κ3) is 3.18. The summed E-state index contributed by atoms with van der Waals surface area (Å²) in [6, 6.07) is 0.663. The molecule has 2 fully saturated rings. The Morgan fingerprint density at radius 3 is 2.95 bits per heavy atom. The molecule has 1 saturated carbocycles. The first-order valence-corrected chi connectivity index (χ1v) is 7.50. The number of nitrogens with zero attached hydrogens (tertiary/aromatic N) is 6. The van der Waals surface area contributed by atoms with Gasteiger partial charge in [0.2, 0.25) is 0 Å². The van der Waals surface area contributed by atoms with Gasteiger partial charge in [-0.1, -0.05) is 5.10 Å². The highest BCUT2D eigenvalue weighted by molar-refractivity contribution is 7.80. The van der Waals surface area contributed by atoms with Crippen LogP contribution in [0.5, 0.6) is 6.01 Å². The van der Waals surface area contributed by atoms with Crippen molar-refractivity contribution in [2.45, 2.75) is 37.8 Å². The number of carbonyl (C=O) groups is 1. The number of aldehydes is 1. The number of thiocarbonyl (C=S) groups is 1. The van der Waals surface area contributed by atoms with Crippen LogP contribution in [0.2, 0.25) is 0 Å². The van der Waals surface area contributed by atoms with Gasteiger partial charge in [0.25, 0.3) is 5.17 Å². The number of aryl methyl sites for hydroxylation is 1. The van der Waals surface area contributed by atoms with Crippen molar-refractivity contribution in [1.29, 1.82) is 0 Å². The average molecular weight is 310 g/mol. The number of hydrogen-bond donors (Lipinski definition) is 0. The van der Waals surface area contributed by atoms with Gasteiger partial charge < -0.3 is 14.4 Å². The monoisotopic (exact) mass is 310 g/mol. The average Bonchev–Trinajstić information content (AvgIpc) is 3.08. The topological polar surface area (TPSA) is 76.4 Å². The van der Waals surface area contributed by atoms with Crippen molar-refractivity contribution in [3.05, 3.63) is 0 Å². The van der Waals surface area contributed by atoms with Crippen LogP contribution in [0.3, 0.4) is 0 Å². The van der Waals surface area contributed by atoms with Crippen molar-refractivity contribution >= 4 is 23.7 Å². The van der Waals surface area contributed by atoms with Gasteiger partial charge in [-0.25, -0.2) is 0 Å². The lowest BCUT2D eigenvalue weighted by Gasteiger charge is -2.30. The Bertz CT molecular complexity index is 532. The van der Waals surface area contributed by atoms with Crippen molar-refractivity contribution in [3.8, 4) is 6.01 Å². The van der Waals surface area contributed by atoms with Gasteiger partial charge in [0.15, 0.2) is 0 Å². The summed E-state index contributed by atoms with van der Waals surface area (Å²) in [5.74, 6) is 0. The van der Waals surface area contributed by atoms with E-state index in [1.54, 1.807) is 7.05 Å². The fourth-order valence-corrected chi connectivity index (χ4v) is 2.81. The van der Waals surface area contributed by atoms with Crippen LogP contribution in [0.25, 0.3) is 0 Å². The number of likely N-dealkylation sites (tertiary alicyclic amines) is 1. The molecule has 9 heteroatoms. The fraction of sp³-hybridized carbons (Fsp3) is 0.750. The summed E-state index contributed by atoms with van der Waals surface area (Å²) >= 11 is 5.39. The maximum atomic E-state index is 11.1. The molecule has 114 valence electrons. The lowest BCUT2D eigenvalue weighted by molar-refractivity contribution is -0.112. The van der Waals surface area contributed by atoms with Gasteiger partial charge >= 0.3 is 6.01 Å². The van der Waals surface area contributed by atoms with Crippen LogP contribution in [0.15, 0.2) is 0 Å². The summed E-state index contributed by atoms with van der Waals surface area (Å²) in [6.45, 7) is 1.54. The van der Waals surface area contributed by atoms with Gasteiger partial charge in [-0.3, -0.25) is 4.90 Å². The van der Waals surface area contributed by atoms with E-state index in [1.165, 1.54) is 4.68 Å². The molecule has 21 heavy (non-hydrogen) atoms. The van der Waals surface area contributed by atoms with E-state index in [0.29, 0.717) is 17.9 Å². The Hall–Kier alpha value is -1.61. The van der Waals surface area contributed by atoms with E-state index in [2.05, 4.69) is 20.4 Å². The molecule has 1 aromatic rings. The third-order valence-corrected chi connectivity index (χ3v) is 4.21. The van der Waals surface area contributed by atoms with Crippen LogP contribution in [-0.2, 0) is 11.8 Å². The lowest BCUT2D eigenvalue weighted by atomic mass is 10.2. The zero-order valence-corrected chi connectivity index (χ0v) is 12.7. The lowest BCUT2D eigenvalue weighted by Crippen LogP contribution is -2.46. The molecule has 8 nitrogen and oxygen atoms in total. The Labute approximate surface area is 128 Å². The maximum absolute atomic E-state index is 11.1. The minimum atomic E-state index is -0.00875. The number of hydrogen-bond acceptors (Lipinski definition) is 7. The highest BCUT2D eigenvalue weighted by Gasteiger charge is 2.35. The highest BCUT2D eigenvalue weighted by atomic mass is 32.1. The van der Waals surface area contributed by atoms with Crippen molar-refractivity contribution < 1.29 is 9.53 Å².